The maximum Gasteiger partial charge on any atom is 0.242 e. The first kappa shape index (κ1) is 23.7. The van der Waals surface area contributed by atoms with Crippen LogP contribution in [0.5, 0.6) is 0 Å². The normalized spacial score (nSPS) is 12.0. The van der Waals surface area contributed by atoms with Gasteiger partial charge in [0, 0.05) is 17.6 Å². The lowest BCUT2D eigenvalue weighted by molar-refractivity contribution is -0.140. The zero-order valence-electron chi connectivity index (χ0n) is 16.7. The zero-order valence-corrected chi connectivity index (χ0v) is 19.8. The molecule has 0 aliphatic rings. The van der Waals surface area contributed by atoms with E-state index in [0.717, 1.165) is 15.6 Å². The van der Waals surface area contributed by atoms with E-state index in [1.54, 1.807) is 30.0 Å². The summed E-state index contributed by atoms with van der Waals surface area (Å²) < 4.78 is 0.956. The average molecular weight is 500 g/mol. The number of carbonyl (C=O) groups is 2. The molecule has 0 saturated heterocycles. The molecule has 2 amide bonds. The highest BCUT2D eigenvalue weighted by Gasteiger charge is 2.26. The van der Waals surface area contributed by atoms with Gasteiger partial charge in [-0.1, -0.05) is 71.2 Å². The third-order valence-corrected chi connectivity index (χ3v) is 5.73. The van der Waals surface area contributed by atoms with E-state index in [9.17, 15) is 9.59 Å². The minimum Gasteiger partial charge on any atom is -0.354 e. The monoisotopic (exact) mass is 498 g/mol. The van der Waals surface area contributed by atoms with Crippen LogP contribution in [0, 0.1) is 5.92 Å². The van der Waals surface area contributed by atoms with Crippen LogP contribution in [0.1, 0.15) is 31.9 Å². The molecular weight excluding hydrogens is 475 g/mol. The molecule has 2 aromatic carbocycles. The molecule has 0 spiro atoms. The highest BCUT2D eigenvalue weighted by molar-refractivity contribution is 9.10. The van der Waals surface area contributed by atoms with Crippen molar-refractivity contribution in [1.29, 1.82) is 0 Å². The molecule has 2 rings (SSSR count). The summed E-state index contributed by atoms with van der Waals surface area (Å²) in [6.45, 7) is 6.71. The van der Waals surface area contributed by atoms with Crippen molar-refractivity contribution >= 4 is 50.9 Å². The summed E-state index contributed by atoms with van der Waals surface area (Å²) in [7, 11) is 0. The molecule has 29 heavy (non-hydrogen) atoms. The molecule has 2 aromatic rings. The highest BCUT2D eigenvalue weighted by Crippen LogP contribution is 2.23. The Morgan fingerprint density at radius 3 is 2.21 bits per heavy atom. The number of benzene rings is 2. The molecule has 4 nitrogen and oxygen atoms in total. The van der Waals surface area contributed by atoms with Crippen LogP contribution in [0.25, 0.3) is 0 Å². The number of nitrogens with zero attached hydrogens (tertiary/aromatic N) is 1. The summed E-state index contributed by atoms with van der Waals surface area (Å²) in [5.41, 5.74) is 1.69. The summed E-state index contributed by atoms with van der Waals surface area (Å²) in [4.78, 5) is 27.4. The number of amides is 2. The maximum atomic E-state index is 13.1. The number of hydrogen-bond acceptors (Lipinski definition) is 2. The van der Waals surface area contributed by atoms with E-state index in [1.807, 2.05) is 38.1 Å². The Balaban J connectivity index is 2.21. The number of nitrogens with one attached hydrogen (secondary N) is 1. The van der Waals surface area contributed by atoms with E-state index in [2.05, 4.69) is 21.2 Å². The van der Waals surface area contributed by atoms with Crippen LogP contribution < -0.4 is 5.32 Å². The standard InChI is InChI=1S/C22H25BrCl2N2O2/c1-14(2)12-26-22(29)15(3)27(13-16-4-7-18(23)8-5-16)21(28)11-17-6-9-19(24)20(25)10-17/h4-10,14-15H,11-13H2,1-3H3,(H,26,29)/t15-/m1/s1. The van der Waals surface area contributed by atoms with Crippen LogP contribution in [-0.2, 0) is 22.6 Å². The second-order valence-corrected chi connectivity index (χ2v) is 9.12. The third kappa shape index (κ3) is 7.32. The third-order valence-electron chi connectivity index (χ3n) is 4.46. The van der Waals surface area contributed by atoms with E-state index in [-0.39, 0.29) is 18.2 Å². The van der Waals surface area contributed by atoms with Crippen molar-refractivity contribution in [2.45, 2.75) is 39.8 Å². The van der Waals surface area contributed by atoms with Gasteiger partial charge in [0.25, 0.3) is 0 Å². The van der Waals surface area contributed by atoms with Crippen molar-refractivity contribution < 1.29 is 9.59 Å². The van der Waals surface area contributed by atoms with Gasteiger partial charge in [0.1, 0.15) is 6.04 Å². The summed E-state index contributed by atoms with van der Waals surface area (Å²) in [5, 5.41) is 3.76. The molecule has 0 fully saturated rings. The first-order chi connectivity index (χ1) is 13.7. The quantitative estimate of drug-likeness (QED) is 0.522. The van der Waals surface area contributed by atoms with Gasteiger partial charge in [-0.15, -0.1) is 0 Å². The molecular formula is C22H25BrCl2N2O2. The van der Waals surface area contributed by atoms with E-state index < -0.39 is 6.04 Å². The van der Waals surface area contributed by atoms with Crippen LogP contribution in [-0.4, -0.2) is 29.3 Å². The van der Waals surface area contributed by atoms with Crippen molar-refractivity contribution in [3.8, 4) is 0 Å². The Morgan fingerprint density at radius 2 is 1.62 bits per heavy atom. The lowest BCUT2D eigenvalue weighted by atomic mass is 10.1. The maximum absolute atomic E-state index is 13.1. The van der Waals surface area contributed by atoms with Gasteiger partial charge < -0.3 is 10.2 Å². The second kappa shape index (κ2) is 11.0. The molecule has 0 aliphatic heterocycles. The molecule has 0 unspecified atom stereocenters. The molecule has 156 valence electrons. The summed E-state index contributed by atoms with van der Waals surface area (Å²) in [5.74, 6) is 0.00906. The van der Waals surface area contributed by atoms with E-state index in [1.165, 1.54) is 0 Å². The van der Waals surface area contributed by atoms with Gasteiger partial charge in [-0.3, -0.25) is 9.59 Å². The first-order valence-electron chi connectivity index (χ1n) is 9.43. The van der Waals surface area contributed by atoms with Crippen LogP contribution in [0.3, 0.4) is 0 Å². The molecule has 0 aliphatic carbocycles. The Labute approximate surface area is 190 Å². The van der Waals surface area contributed by atoms with E-state index in [4.69, 9.17) is 23.2 Å². The molecule has 1 N–H and O–H groups in total. The first-order valence-corrected chi connectivity index (χ1v) is 11.0. The fourth-order valence-electron chi connectivity index (χ4n) is 2.75. The Bertz CT molecular complexity index is 856. The predicted molar refractivity (Wildman–Crippen MR) is 122 cm³/mol. The minimum atomic E-state index is -0.604. The van der Waals surface area contributed by atoms with Crippen molar-refractivity contribution in [2.24, 2.45) is 5.92 Å². The Kier molecular flexibility index (Phi) is 9.00. The zero-order chi connectivity index (χ0) is 21.6. The topological polar surface area (TPSA) is 49.4 Å². The van der Waals surface area contributed by atoms with Crippen molar-refractivity contribution in [1.82, 2.24) is 10.2 Å². The van der Waals surface area contributed by atoms with Crippen molar-refractivity contribution in [2.75, 3.05) is 6.54 Å². The number of carbonyl (C=O) groups excluding carboxylic acids is 2. The van der Waals surface area contributed by atoms with Gasteiger partial charge in [0.15, 0.2) is 0 Å². The molecule has 1 atom stereocenters. The Morgan fingerprint density at radius 1 is 1.00 bits per heavy atom. The summed E-state index contributed by atoms with van der Waals surface area (Å²) in [6.07, 6.45) is 0.134. The molecule has 0 aromatic heterocycles. The SMILES string of the molecule is CC(C)CNC(=O)[C@@H](C)N(Cc1ccc(Br)cc1)C(=O)Cc1ccc(Cl)c(Cl)c1. The van der Waals surface area contributed by atoms with Gasteiger partial charge in [-0.05, 0) is 48.2 Å². The molecule has 0 radical (unpaired) electrons. The number of hydrogen-bond donors (Lipinski definition) is 1. The molecule has 7 heteroatoms. The van der Waals surface area contributed by atoms with Crippen LogP contribution >= 0.6 is 39.1 Å². The lowest BCUT2D eigenvalue weighted by Gasteiger charge is -2.29. The van der Waals surface area contributed by atoms with Gasteiger partial charge in [0.2, 0.25) is 11.8 Å². The second-order valence-electron chi connectivity index (χ2n) is 7.39. The number of halogens is 3. The van der Waals surface area contributed by atoms with Gasteiger partial charge in [0.05, 0.1) is 16.5 Å². The van der Waals surface area contributed by atoms with E-state index in [0.29, 0.717) is 29.1 Å². The van der Waals surface area contributed by atoms with Crippen molar-refractivity contribution in [3.05, 3.63) is 68.1 Å². The van der Waals surface area contributed by atoms with Gasteiger partial charge >= 0.3 is 0 Å². The smallest absolute Gasteiger partial charge is 0.242 e. The summed E-state index contributed by atoms with van der Waals surface area (Å²) >= 11 is 15.5. The van der Waals surface area contributed by atoms with Crippen LogP contribution in [0.4, 0.5) is 0 Å². The largest absolute Gasteiger partial charge is 0.354 e. The number of rotatable bonds is 8. The lowest BCUT2D eigenvalue weighted by Crippen LogP contribution is -2.48. The van der Waals surface area contributed by atoms with Crippen molar-refractivity contribution in [3.63, 3.8) is 0 Å². The fraction of sp³-hybridized carbons (Fsp3) is 0.364. The molecule has 0 bridgehead atoms. The van der Waals surface area contributed by atoms with Crippen LogP contribution in [0.2, 0.25) is 10.0 Å². The average Bonchev–Trinajstić information content (AvgIpc) is 2.67. The molecule has 0 heterocycles. The summed E-state index contributed by atoms with van der Waals surface area (Å²) in [6, 6.07) is 12.2. The van der Waals surface area contributed by atoms with E-state index >= 15 is 0 Å². The van der Waals surface area contributed by atoms with Gasteiger partial charge in [-0.25, -0.2) is 0 Å². The predicted octanol–water partition coefficient (Wildman–Crippen LogP) is 5.49. The fourth-order valence-corrected chi connectivity index (χ4v) is 3.33. The molecule has 0 saturated carbocycles. The Hall–Kier alpha value is -1.56. The highest BCUT2D eigenvalue weighted by atomic mass is 79.9. The van der Waals surface area contributed by atoms with Gasteiger partial charge in [-0.2, -0.15) is 0 Å². The van der Waals surface area contributed by atoms with Crippen LogP contribution in [0.15, 0.2) is 46.9 Å². The minimum absolute atomic E-state index is 0.134.